The van der Waals surface area contributed by atoms with Crippen molar-refractivity contribution in [2.75, 3.05) is 0 Å². The van der Waals surface area contributed by atoms with Gasteiger partial charge in [-0.3, -0.25) is 9.59 Å². The van der Waals surface area contributed by atoms with Crippen LogP contribution in [0.4, 0.5) is 0 Å². The number of benzene rings is 1. The number of nitrogens with zero attached hydrogens (tertiary/aromatic N) is 2. The van der Waals surface area contributed by atoms with Crippen molar-refractivity contribution in [1.29, 1.82) is 5.26 Å². The van der Waals surface area contributed by atoms with Gasteiger partial charge in [-0.25, -0.2) is 0 Å². The van der Waals surface area contributed by atoms with E-state index < -0.39 is 17.9 Å². The highest BCUT2D eigenvalue weighted by Gasteiger charge is 2.33. The van der Waals surface area contributed by atoms with Crippen LogP contribution in [0.25, 0.3) is 0 Å². The average Bonchev–Trinajstić information content (AvgIpc) is 3.21. The van der Waals surface area contributed by atoms with Crippen LogP contribution in [0.1, 0.15) is 47.8 Å². The number of aromatic nitrogens is 1. The van der Waals surface area contributed by atoms with Gasteiger partial charge >= 0.3 is 0 Å². The molecule has 3 N–H and O–H groups in total. The van der Waals surface area contributed by atoms with E-state index in [0.29, 0.717) is 18.4 Å². The van der Waals surface area contributed by atoms with Crippen molar-refractivity contribution in [3.63, 3.8) is 0 Å². The number of hydrogen-bond acceptors (Lipinski definition) is 6. The van der Waals surface area contributed by atoms with Crippen LogP contribution in [0.15, 0.2) is 41.1 Å². The van der Waals surface area contributed by atoms with Crippen molar-refractivity contribution in [3.05, 3.63) is 47.9 Å². The van der Waals surface area contributed by atoms with E-state index in [-0.39, 0.29) is 23.5 Å². The Morgan fingerprint density at radius 3 is 2.81 bits per heavy atom. The van der Waals surface area contributed by atoms with E-state index in [0.717, 1.165) is 12.8 Å². The molecule has 0 radical (unpaired) electrons. The Balaban J connectivity index is 1.69. The van der Waals surface area contributed by atoms with Crippen LogP contribution >= 0.6 is 0 Å². The van der Waals surface area contributed by atoms with E-state index in [9.17, 15) is 20.0 Å². The standard InChI is InChI=1S/C19H20N4O4/c20-11-16(12-4-3-5-13(24)10-12)23-18(25)14-6-1-2-7-15(14)22-19(26)17-8-9-21-27-17/h3-5,8-10,14-16,24H,1-2,6-7H2,(H,22,26)(H,23,25)/t14-,15-,16?/m1/s1. The lowest BCUT2D eigenvalue weighted by Crippen LogP contribution is -2.48. The van der Waals surface area contributed by atoms with Crippen molar-refractivity contribution in [2.24, 2.45) is 5.92 Å². The second-order valence-electron chi connectivity index (χ2n) is 6.51. The third kappa shape index (κ3) is 4.44. The fraction of sp³-hybridized carbons (Fsp3) is 0.368. The molecular formula is C19H20N4O4. The van der Waals surface area contributed by atoms with Gasteiger partial charge in [0, 0.05) is 12.1 Å². The molecule has 8 nitrogen and oxygen atoms in total. The van der Waals surface area contributed by atoms with Gasteiger partial charge in [0.1, 0.15) is 11.8 Å². The quantitative estimate of drug-likeness (QED) is 0.741. The van der Waals surface area contributed by atoms with Crippen molar-refractivity contribution < 1.29 is 19.2 Å². The molecule has 8 heteroatoms. The average molecular weight is 368 g/mol. The summed E-state index contributed by atoms with van der Waals surface area (Å²) >= 11 is 0. The zero-order chi connectivity index (χ0) is 19.2. The number of nitriles is 1. The van der Waals surface area contributed by atoms with Gasteiger partial charge in [-0.15, -0.1) is 0 Å². The van der Waals surface area contributed by atoms with Crippen molar-refractivity contribution in [1.82, 2.24) is 15.8 Å². The molecule has 3 rings (SSSR count). The molecule has 1 aliphatic rings. The molecule has 1 saturated carbocycles. The first kappa shape index (κ1) is 18.5. The predicted octanol–water partition coefficient (Wildman–Crippen LogP) is 2.05. The van der Waals surface area contributed by atoms with E-state index >= 15 is 0 Å². The Labute approximate surface area is 156 Å². The van der Waals surface area contributed by atoms with Gasteiger partial charge in [-0.05, 0) is 30.5 Å². The molecule has 2 amide bonds. The number of hydrogen-bond donors (Lipinski definition) is 3. The topological polar surface area (TPSA) is 128 Å². The number of phenolic OH excluding ortho intramolecular Hbond substituents is 1. The van der Waals surface area contributed by atoms with Gasteiger partial charge in [-0.1, -0.05) is 30.1 Å². The third-order valence-corrected chi connectivity index (χ3v) is 4.70. The molecule has 0 spiro atoms. The van der Waals surface area contributed by atoms with E-state index in [2.05, 4.69) is 15.8 Å². The van der Waals surface area contributed by atoms with Crippen LogP contribution in [0, 0.1) is 17.2 Å². The molecule has 140 valence electrons. The summed E-state index contributed by atoms with van der Waals surface area (Å²) in [5.41, 5.74) is 0.504. The maximum atomic E-state index is 12.8. The number of amides is 2. The van der Waals surface area contributed by atoms with Gasteiger partial charge in [-0.2, -0.15) is 5.26 Å². The summed E-state index contributed by atoms with van der Waals surface area (Å²) in [6, 6.07) is 8.49. The van der Waals surface area contributed by atoms with E-state index in [4.69, 9.17) is 4.52 Å². The molecule has 0 saturated heterocycles. The zero-order valence-electron chi connectivity index (χ0n) is 14.6. The van der Waals surface area contributed by atoms with Crippen molar-refractivity contribution >= 4 is 11.8 Å². The lowest BCUT2D eigenvalue weighted by Gasteiger charge is -2.31. The second-order valence-corrected chi connectivity index (χ2v) is 6.51. The molecule has 3 atom stereocenters. The number of rotatable bonds is 5. The highest BCUT2D eigenvalue weighted by atomic mass is 16.5. The third-order valence-electron chi connectivity index (χ3n) is 4.70. The maximum Gasteiger partial charge on any atom is 0.290 e. The Morgan fingerprint density at radius 2 is 2.11 bits per heavy atom. The van der Waals surface area contributed by atoms with Crippen LogP contribution < -0.4 is 10.6 Å². The molecule has 1 unspecified atom stereocenters. The molecular weight excluding hydrogens is 348 g/mol. The normalized spacial score (nSPS) is 20.3. The van der Waals surface area contributed by atoms with Gasteiger partial charge in [0.15, 0.2) is 0 Å². The number of carbonyl (C=O) groups excluding carboxylic acids is 2. The molecule has 27 heavy (non-hydrogen) atoms. The lowest BCUT2D eigenvalue weighted by atomic mass is 9.83. The highest BCUT2D eigenvalue weighted by Crippen LogP contribution is 2.26. The number of carbonyl (C=O) groups is 2. The summed E-state index contributed by atoms with van der Waals surface area (Å²) in [6.45, 7) is 0. The van der Waals surface area contributed by atoms with Crippen LogP contribution in [0.5, 0.6) is 5.75 Å². The number of phenols is 1. The molecule has 1 aliphatic carbocycles. The fourth-order valence-electron chi connectivity index (χ4n) is 3.33. The Morgan fingerprint density at radius 1 is 1.30 bits per heavy atom. The monoisotopic (exact) mass is 368 g/mol. The molecule has 1 heterocycles. The van der Waals surface area contributed by atoms with Crippen LogP contribution in [0.3, 0.4) is 0 Å². The van der Waals surface area contributed by atoms with Gasteiger partial charge < -0.3 is 20.3 Å². The fourth-order valence-corrected chi connectivity index (χ4v) is 3.33. The molecule has 0 aliphatic heterocycles. The van der Waals surface area contributed by atoms with E-state index in [1.807, 2.05) is 6.07 Å². The summed E-state index contributed by atoms with van der Waals surface area (Å²) in [5.74, 6) is -1.04. The van der Waals surface area contributed by atoms with E-state index in [1.54, 1.807) is 12.1 Å². The molecule has 2 aromatic rings. The first-order valence-corrected chi connectivity index (χ1v) is 8.79. The summed E-state index contributed by atoms with van der Waals surface area (Å²) in [5, 5.41) is 28.1. The SMILES string of the molecule is N#CC(NC(=O)[C@@H]1CCCC[C@H]1NC(=O)c1ccno1)c1cccc(O)c1. The minimum absolute atomic E-state index is 0.0249. The predicted molar refractivity (Wildman–Crippen MR) is 94.3 cm³/mol. The van der Waals surface area contributed by atoms with Gasteiger partial charge in [0.2, 0.25) is 11.7 Å². The molecule has 1 aromatic carbocycles. The van der Waals surface area contributed by atoms with Crippen molar-refractivity contribution in [2.45, 2.75) is 37.8 Å². The van der Waals surface area contributed by atoms with E-state index in [1.165, 1.54) is 24.4 Å². The van der Waals surface area contributed by atoms with Crippen molar-refractivity contribution in [3.8, 4) is 11.8 Å². The first-order chi connectivity index (χ1) is 13.1. The number of nitrogens with one attached hydrogen (secondary N) is 2. The first-order valence-electron chi connectivity index (χ1n) is 8.79. The Bertz CT molecular complexity index is 844. The van der Waals surface area contributed by atoms with Crippen LogP contribution in [-0.4, -0.2) is 28.1 Å². The summed E-state index contributed by atoms with van der Waals surface area (Å²) in [7, 11) is 0. The smallest absolute Gasteiger partial charge is 0.290 e. The second kappa shape index (κ2) is 8.36. The molecule has 0 bridgehead atoms. The minimum Gasteiger partial charge on any atom is -0.508 e. The molecule has 1 aromatic heterocycles. The minimum atomic E-state index is -0.878. The lowest BCUT2D eigenvalue weighted by molar-refractivity contribution is -0.127. The Kier molecular flexibility index (Phi) is 5.71. The van der Waals surface area contributed by atoms with Gasteiger partial charge in [0.25, 0.3) is 5.91 Å². The summed E-state index contributed by atoms with van der Waals surface area (Å²) in [6.07, 6.45) is 4.44. The highest BCUT2D eigenvalue weighted by molar-refractivity contribution is 5.92. The maximum absolute atomic E-state index is 12.8. The van der Waals surface area contributed by atoms with Gasteiger partial charge in [0.05, 0.1) is 18.2 Å². The summed E-state index contributed by atoms with van der Waals surface area (Å²) < 4.78 is 4.85. The number of aromatic hydroxyl groups is 1. The molecule has 1 fully saturated rings. The Hall–Kier alpha value is -3.34. The summed E-state index contributed by atoms with van der Waals surface area (Å²) in [4.78, 5) is 25.0. The van der Waals surface area contributed by atoms with Crippen LogP contribution in [0.2, 0.25) is 0 Å². The van der Waals surface area contributed by atoms with Crippen LogP contribution in [-0.2, 0) is 4.79 Å². The zero-order valence-corrected chi connectivity index (χ0v) is 14.6. The largest absolute Gasteiger partial charge is 0.508 e.